The third-order valence-corrected chi connectivity index (χ3v) is 3.69. The summed E-state index contributed by atoms with van der Waals surface area (Å²) in [4.78, 5) is 4.16. The number of aromatic nitrogens is 1. The first-order valence-corrected chi connectivity index (χ1v) is 6.41. The van der Waals surface area contributed by atoms with Crippen LogP contribution in [0.3, 0.4) is 0 Å². The van der Waals surface area contributed by atoms with Crippen LogP contribution in [-0.2, 0) is 5.41 Å². The number of nitrogen functional groups attached to an aromatic ring is 1. The Kier molecular flexibility index (Phi) is 3.23. The lowest BCUT2D eigenvalue weighted by atomic mass is 9.85. The Hall–Kier alpha value is -2.24. The summed E-state index contributed by atoms with van der Waals surface area (Å²) in [6.07, 6.45) is 0. The molecule has 0 unspecified atom stereocenters. The second kappa shape index (κ2) is 4.95. The SMILES string of the molecule is Nc1cc2c(c(-c3ccc(F)cc3)n1)OCC2(CF)CF. The van der Waals surface area contributed by atoms with Crippen LogP contribution in [0.2, 0.25) is 0 Å². The normalized spacial score (nSPS) is 15.6. The van der Waals surface area contributed by atoms with Crippen molar-refractivity contribution in [3.8, 4) is 17.0 Å². The molecule has 2 aromatic rings. The number of hydrogen-bond acceptors (Lipinski definition) is 3. The molecule has 0 aliphatic carbocycles. The topological polar surface area (TPSA) is 48.1 Å². The molecule has 0 amide bonds. The van der Waals surface area contributed by atoms with E-state index in [0.29, 0.717) is 22.6 Å². The molecule has 21 heavy (non-hydrogen) atoms. The fourth-order valence-corrected chi connectivity index (χ4v) is 2.44. The van der Waals surface area contributed by atoms with Crippen molar-refractivity contribution in [3.05, 3.63) is 41.7 Å². The smallest absolute Gasteiger partial charge is 0.149 e. The Morgan fingerprint density at radius 3 is 2.48 bits per heavy atom. The first kappa shape index (κ1) is 13.7. The van der Waals surface area contributed by atoms with Crippen molar-refractivity contribution in [2.75, 3.05) is 25.7 Å². The van der Waals surface area contributed by atoms with Crippen molar-refractivity contribution >= 4 is 5.82 Å². The lowest BCUT2D eigenvalue weighted by molar-refractivity contribution is 0.185. The summed E-state index contributed by atoms with van der Waals surface area (Å²) in [6, 6.07) is 7.03. The molecule has 2 heterocycles. The number of hydrogen-bond donors (Lipinski definition) is 1. The Labute approximate surface area is 119 Å². The largest absolute Gasteiger partial charge is 0.490 e. The van der Waals surface area contributed by atoms with Crippen molar-refractivity contribution < 1.29 is 17.9 Å². The summed E-state index contributed by atoms with van der Waals surface area (Å²) in [5, 5.41) is 0. The molecule has 0 saturated heterocycles. The van der Waals surface area contributed by atoms with Gasteiger partial charge in [-0.05, 0) is 30.3 Å². The average Bonchev–Trinajstić information content (AvgIpc) is 2.86. The summed E-state index contributed by atoms with van der Waals surface area (Å²) in [5.74, 6) is 0.0676. The first-order valence-electron chi connectivity index (χ1n) is 6.41. The Balaban J connectivity index is 2.19. The molecule has 3 nitrogen and oxygen atoms in total. The van der Waals surface area contributed by atoms with Gasteiger partial charge in [-0.1, -0.05) is 0 Å². The number of ether oxygens (including phenoxy) is 1. The predicted octanol–water partition coefficient (Wildman–Crippen LogP) is 3.04. The van der Waals surface area contributed by atoms with E-state index in [4.69, 9.17) is 10.5 Å². The molecule has 1 aliphatic heterocycles. The minimum atomic E-state index is -1.33. The Morgan fingerprint density at radius 2 is 1.86 bits per heavy atom. The number of benzene rings is 1. The van der Waals surface area contributed by atoms with Crippen LogP contribution in [0.25, 0.3) is 11.3 Å². The molecule has 0 fully saturated rings. The number of nitrogens with zero attached hydrogens (tertiary/aromatic N) is 1. The summed E-state index contributed by atoms with van der Waals surface area (Å²) >= 11 is 0. The van der Waals surface area contributed by atoms with Gasteiger partial charge in [-0.15, -0.1) is 0 Å². The van der Waals surface area contributed by atoms with Crippen LogP contribution < -0.4 is 10.5 Å². The molecule has 0 spiro atoms. The van der Waals surface area contributed by atoms with Gasteiger partial charge < -0.3 is 10.5 Å². The lowest BCUT2D eigenvalue weighted by Gasteiger charge is -2.20. The van der Waals surface area contributed by atoms with Crippen LogP contribution in [0.5, 0.6) is 5.75 Å². The maximum atomic E-state index is 13.3. The van der Waals surface area contributed by atoms with E-state index >= 15 is 0 Å². The van der Waals surface area contributed by atoms with E-state index in [9.17, 15) is 13.2 Å². The van der Waals surface area contributed by atoms with Gasteiger partial charge in [0.25, 0.3) is 0 Å². The number of fused-ring (bicyclic) bond motifs is 1. The van der Waals surface area contributed by atoms with E-state index in [-0.39, 0.29) is 18.2 Å². The maximum Gasteiger partial charge on any atom is 0.149 e. The van der Waals surface area contributed by atoms with E-state index in [1.54, 1.807) is 0 Å². The van der Waals surface area contributed by atoms with Crippen molar-refractivity contribution in [2.24, 2.45) is 0 Å². The van der Waals surface area contributed by atoms with Gasteiger partial charge in [0.2, 0.25) is 0 Å². The highest BCUT2D eigenvalue weighted by atomic mass is 19.1. The van der Waals surface area contributed by atoms with Crippen LogP contribution in [-0.4, -0.2) is 24.9 Å². The molecule has 1 aromatic heterocycles. The minimum Gasteiger partial charge on any atom is -0.490 e. The van der Waals surface area contributed by atoms with Gasteiger partial charge in [-0.2, -0.15) is 0 Å². The molecule has 1 aromatic carbocycles. The summed E-state index contributed by atoms with van der Waals surface area (Å²) in [5.41, 5.74) is 5.73. The van der Waals surface area contributed by atoms with Crippen LogP contribution in [0, 0.1) is 5.82 Å². The second-order valence-corrected chi connectivity index (χ2v) is 5.12. The predicted molar refractivity (Wildman–Crippen MR) is 73.2 cm³/mol. The molecule has 110 valence electrons. The monoisotopic (exact) mass is 294 g/mol. The highest BCUT2D eigenvalue weighted by molar-refractivity contribution is 5.72. The van der Waals surface area contributed by atoms with E-state index in [1.165, 1.54) is 30.3 Å². The van der Waals surface area contributed by atoms with Crippen molar-refractivity contribution in [3.63, 3.8) is 0 Å². The zero-order valence-corrected chi connectivity index (χ0v) is 11.1. The summed E-state index contributed by atoms with van der Waals surface area (Å²) in [6.45, 7) is -1.87. The van der Waals surface area contributed by atoms with Crippen molar-refractivity contribution in [2.45, 2.75) is 5.41 Å². The number of pyridine rings is 1. The minimum absolute atomic E-state index is 0.103. The number of anilines is 1. The number of rotatable bonds is 3. The van der Waals surface area contributed by atoms with Crippen LogP contribution >= 0.6 is 0 Å². The van der Waals surface area contributed by atoms with E-state index in [0.717, 1.165) is 0 Å². The number of alkyl halides is 2. The van der Waals surface area contributed by atoms with Gasteiger partial charge in [0.05, 0.1) is 5.41 Å². The maximum absolute atomic E-state index is 13.3. The van der Waals surface area contributed by atoms with Crippen LogP contribution in [0.4, 0.5) is 19.0 Å². The highest BCUT2D eigenvalue weighted by Gasteiger charge is 2.43. The average molecular weight is 294 g/mol. The van der Waals surface area contributed by atoms with Gasteiger partial charge in [0, 0.05) is 11.1 Å². The lowest BCUT2D eigenvalue weighted by Crippen LogP contribution is -2.33. The standard InChI is InChI=1S/C15H13F3N2O/c16-6-15(7-17)8-21-14-11(15)5-12(19)20-13(14)9-1-3-10(18)4-2-9/h1-5H,6-8H2,(H2,19,20). The van der Waals surface area contributed by atoms with E-state index in [2.05, 4.69) is 4.98 Å². The van der Waals surface area contributed by atoms with Gasteiger partial charge >= 0.3 is 0 Å². The molecular weight excluding hydrogens is 281 g/mol. The zero-order valence-electron chi connectivity index (χ0n) is 11.1. The van der Waals surface area contributed by atoms with Gasteiger partial charge in [-0.3, -0.25) is 0 Å². The van der Waals surface area contributed by atoms with Gasteiger partial charge in [0.15, 0.2) is 0 Å². The molecule has 0 saturated carbocycles. The fourth-order valence-electron chi connectivity index (χ4n) is 2.44. The zero-order chi connectivity index (χ0) is 15.0. The molecule has 2 N–H and O–H groups in total. The van der Waals surface area contributed by atoms with Crippen molar-refractivity contribution in [1.29, 1.82) is 0 Å². The van der Waals surface area contributed by atoms with Gasteiger partial charge in [0.1, 0.15) is 43.0 Å². The van der Waals surface area contributed by atoms with E-state index < -0.39 is 18.8 Å². The quantitative estimate of drug-likeness (QED) is 0.946. The highest BCUT2D eigenvalue weighted by Crippen LogP contribution is 2.45. The van der Waals surface area contributed by atoms with Gasteiger partial charge in [-0.25, -0.2) is 18.2 Å². The molecule has 0 atom stereocenters. The molecule has 3 rings (SSSR count). The first-order chi connectivity index (χ1) is 10.1. The molecule has 1 aliphatic rings. The van der Waals surface area contributed by atoms with Crippen molar-refractivity contribution in [1.82, 2.24) is 4.98 Å². The Morgan fingerprint density at radius 1 is 1.19 bits per heavy atom. The Bertz CT molecular complexity index is 669. The third-order valence-electron chi connectivity index (χ3n) is 3.69. The third kappa shape index (κ3) is 2.11. The molecule has 6 heteroatoms. The molecule has 0 bridgehead atoms. The summed E-state index contributed by atoms with van der Waals surface area (Å²) < 4.78 is 45.1. The van der Waals surface area contributed by atoms with E-state index in [1.807, 2.05) is 0 Å². The fraction of sp³-hybridized carbons (Fsp3) is 0.267. The van der Waals surface area contributed by atoms with Crippen LogP contribution in [0.1, 0.15) is 5.56 Å². The number of halogens is 3. The molecular formula is C15H13F3N2O. The summed E-state index contributed by atoms with van der Waals surface area (Å²) in [7, 11) is 0. The number of nitrogens with two attached hydrogens (primary N) is 1. The second-order valence-electron chi connectivity index (χ2n) is 5.12. The van der Waals surface area contributed by atoms with Crippen LogP contribution in [0.15, 0.2) is 30.3 Å². The molecule has 0 radical (unpaired) electrons.